The minimum atomic E-state index is -3.98. The maximum Gasteiger partial charge on any atom is 0.304 e. The SMILES string of the molecule is NC(=O)CC12CC3CC(C1)C(NC(=O)CN1CCCN(c4cc(Cl)c(Cl)cc4Cl)S1(=O)=O)C(C3)C2. The number of amides is 2. The molecule has 5 aliphatic rings. The quantitative estimate of drug-likeness (QED) is 0.515. The summed E-state index contributed by atoms with van der Waals surface area (Å²) in [5.74, 6) is 0.613. The van der Waals surface area contributed by atoms with Crippen LogP contribution in [0.1, 0.15) is 44.9 Å². The van der Waals surface area contributed by atoms with Crippen LogP contribution in [0.2, 0.25) is 15.1 Å². The van der Waals surface area contributed by atoms with Gasteiger partial charge in [-0.05, 0) is 73.8 Å². The van der Waals surface area contributed by atoms with Gasteiger partial charge in [-0.1, -0.05) is 34.8 Å². The van der Waals surface area contributed by atoms with Crippen LogP contribution in [0.3, 0.4) is 0 Å². The fourth-order valence-electron chi connectivity index (χ4n) is 7.28. The summed E-state index contributed by atoms with van der Waals surface area (Å²) in [5, 5.41) is 3.77. The lowest BCUT2D eigenvalue weighted by Gasteiger charge is -2.60. The van der Waals surface area contributed by atoms with Crippen molar-refractivity contribution >= 4 is 62.5 Å². The first kappa shape index (κ1) is 25.4. The van der Waals surface area contributed by atoms with E-state index in [0.29, 0.717) is 30.6 Å². The molecule has 2 amide bonds. The maximum atomic E-state index is 13.4. The summed E-state index contributed by atoms with van der Waals surface area (Å²) >= 11 is 18.4. The van der Waals surface area contributed by atoms with Crippen LogP contribution in [-0.4, -0.2) is 50.2 Å². The lowest BCUT2D eigenvalue weighted by molar-refractivity contribution is -0.134. The number of anilines is 1. The topological polar surface area (TPSA) is 113 Å². The number of rotatable bonds is 6. The van der Waals surface area contributed by atoms with Crippen molar-refractivity contribution in [1.29, 1.82) is 0 Å². The minimum Gasteiger partial charge on any atom is -0.370 e. The molecule has 0 aromatic heterocycles. The van der Waals surface area contributed by atoms with Gasteiger partial charge in [-0.2, -0.15) is 12.7 Å². The van der Waals surface area contributed by atoms with Crippen LogP contribution in [0.4, 0.5) is 5.69 Å². The fourth-order valence-corrected chi connectivity index (χ4v) is 9.65. The smallest absolute Gasteiger partial charge is 0.304 e. The number of nitrogens with two attached hydrogens (primary N) is 1. The highest BCUT2D eigenvalue weighted by Gasteiger charge is 2.56. The van der Waals surface area contributed by atoms with E-state index in [1.165, 1.54) is 20.7 Å². The van der Waals surface area contributed by atoms with Crippen molar-refractivity contribution in [3.63, 3.8) is 0 Å². The fraction of sp³-hybridized carbons (Fsp3) is 0.652. The molecule has 2 unspecified atom stereocenters. The van der Waals surface area contributed by atoms with Gasteiger partial charge in [0.05, 0.1) is 27.3 Å². The highest BCUT2D eigenvalue weighted by Crippen LogP contribution is 2.61. The Balaban J connectivity index is 1.28. The molecule has 4 bridgehead atoms. The molecule has 3 N–H and O–H groups in total. The molecule has 8 nitrogen and oxygen atoms in total. The average molecular weight is 564 g/mol. The zero-order valence-electron chi connectivity index (χ0n) is 19.2. The molecule has 1 aliphatic heterocycles. The highest BCUT2D eigenvalue weighted by atomic mass is 35.5. The second-order valence-electron chi connectivity index (χ2n) is 10.7. The Kier molecular flexibility index (Phi) is 6.70. The standard InChI is InChI=1S/C23H29Cl3N4O4S/c24-16-6-18(26)19(7-17(16)25)30-3-1-2-29(35(30,33)34)12-21(32)28-22-14-4-13-5-15(22)10-23(8-13,9-14)11-20(27)31/h6-7,13-15,22H,1-5,8-12H2,(H2,27,31)(H,28,32). The third-order valence-corrected chi connectivity index (χ3v) is 11.2. The van der Waals surface area contributed by atoms with Crippen LogP contribution in [0.5, 0.6) is 0 Å². The number of halogens is 3. The number of benzene rings is 1. The lowest BCUT2D eigenvalue weighted by Crippen LogP contribution is -2.61. The van der Waals surface area contributed by atoms with Gasteiger partial charge in [-0.15, -0.1) is 0 Å². The van der Waals surface area contributed by atoms with Crippen LogP contribution >= 0.6 is 34.8 Å². The van der Waals surface area contributed by atoms with E-state index < -0.39 is 10.2 Å². The number of hydrogen-bond acceptors (Lipinski definition) is 4. The summed E-state index contributed by atoms with van der Waals surface area (Å²) in [6.07, 6.45) is 5.84. The van der Waals surface area contributed by atoms with Crippen LogP contribution in [0.15, 0.2) is 12.1 Å². The molecule has 4 saturated carbocycles. The summed E-state index contributed by atoms with van der Waals surface area (Å²) in [5.41, 5.74) is 5.75. The van der Waals surface area contributed by atoms with E-state index in [1.54, 1.807) is 0 Å². The number of carbonyl (C=O) groups is 2. The molecule has 0 radical (unpaired) electrons. The van der Waals surface area contributed by atoms with Gasteiger partial charge in [0, 0.05) is 25.6 Å². The first-order chi connectivity index (χ1) is 16.5. The third-order valence-electron chi connectivity index (χ3n) is 8.23. The molecule has 1 aromatic rings. The second kappa shape index (κ2) is 9.24. The van der Waals surface area contributed by atoms with Gasteiger partial charge in [-0.25, -0.2) is 0 Å². The molecular weight excluding hydrogens is 535 g/mol. The second-order valence-corrected chi connectivity index (χ2v) is 13.8. The Morgan fingerprint density at radius 1 is 1.03 bits per heavy atom. The predicted molar refractivity (Wildman–Crippen MR) is 136 cm³/mol. The summed E-state index contributed by atoms with van der Waals surface area (Å²) in [6, 6.07) is 2.86. The van der Waals surface area contributed by atoms with Crippen molar-refractivity contribution in [2.45, 2.75) is 51.0 Å². The summed E-state index contributed by atoms with van der Waals surface area (Å²) < 4.78 is 29.1. The molecule has 1 aromatic carbocycles. The van der Waals surface area contributed by atoms with E-state index >= 15 is 0 Å². The van der Waals surface area contributed by atoms with Crippen LogP contribution < -0.4 is 15.4 Å². The van der Waals surface area contributed by atoms with E-state index in [0.717, 1.165) is 32.1 Å². The van der Waals surface area contributed by atoms with E-state index in [2.05, 4.69) is 5.32 Å². The normalized spacial score (nSPS) is 33.6. The first-order valence-corrected chi connectivity index (χ1v) is 14.5. The van der Waals surface area contributed by atoms with Gasteiger partial charge in [0.15, 0.2) is 0 Å². The molecule has 0 spiro atoms. The summed E-state index contributed by atoms with van der Waals surface area (Å²) in [4.78, 5) is 24.8. The Morgan fingerprint density at radius 3 is 2.34 bits per heavy atom. The van der Waals surface area contributed by atoms with E-state index in [1.807, 2.05) is 0 Å². The molecule has 1 saturated heterocycles. The van der Waals surface area contributed by atoms with Crippen molar-refractivity contribution in [2.75, 3.05) is 23.9 Å². The number of hydrogen-bond donors (Lipinski definition) is 2. The van der Waals surface area contributed by atoms with Gasteiger partial charge in [-0.3, -0.25) is 13.9 Å². The van der Waals surface area contributed by atoms with Crippen molar-refractivity contribution in [1.82, 2.24) is 9.62 Å². The van der Waals surface area contributed by atoms with Crippen molar-refractivity contribution in [3.05, 3.63) is 27.2 Å². The van der Waals surface area contributed by atoms with Crippen molar-refractivity contribution in [2.24, 2.45) is 28.9 Å². The van der Waals surface area contributed by atoms with Crippen LogP contribution in [0.25, 0.3) is 0 Å². The number of nitrogens with zero attached hydrogens (tertiary/aromatic N) is 2. The molecule has 2 atom stereocenters. The predicted octanol–water partition coefficient (Wildman–Crippen LogP) is 3.59. The monoisotopic (exact) mass is 562 g/mol. The zero-order chi connectivity index (χ0) is 25.1. The highest BCUT2D eigenvalue weighted by molar-refractivity contribution is 7.90. The summed E-state index contributed by atoms with van der Waals surface area (Å²) in [7, 11) is -3.98. The summed E-state index contributed by atoms with van der Waals surface area (Å²) in [6.45, 7) is 0.213. The molecule has 6 rings (SSSR count). The molecule has 35 heavy (non-hydrogen) atoms. The Labute approximate surface area is 220 Å². The average Bonchev–Trinajstić information content (AvgIpc) is 2.74. The first-order valence-electron chi connectivity index (χ1n) is 12.0. The maximum absolute atomic E-state index is 13.4. The van der Waals surface area contributed by atoms with Crippen LogP contribution in [0, 0.1) is 23.2 Å². The Morgan fingerprint density at radius 2 is 1.69 bits per heavy atom. The Bertz CT molecular complexity index is 1150. The van der Waals surface area contributed by atoms with Gasteiger partial charge in [0.2, 0.25) is 11.8 Å². The van der Waals surface area contributed by atoms with Crippen molar-refractivity contribution in [3.8, 4) is 0 Å². The Hall–Kier alpha value is -1.26. The molecular formula is C23H29Cl3N4O4S. The van der Waals surface area contributed by atoms with Gasteiger partial charge < -0.3 is 11.1 Å². The molecule has 1 heterocycles. The van der Waals surface area contributed by atoms with E-state index in [4.69, 9.17) is 40.5 Å². The number of carbonyl (C=O) groups excluding carboxylic acids is 2. The minimum absolute atomic E-state index is 0.00756. The van der Waals surface area contributed by atoms with Crippen LogP contribution in [-0.2, 0) is 19.8 Å². The molecule has 192 valence electrons. The molecule has 5 fully saturated rings. The van der Waals surface area contributed by atoms with Gasteiger partial charge in [0.25, 0.3) is 0 Å². The largest absolute Gasteiger partial charge is 0.370 e. The molecule has 4 aliphatic carbocycles. The lowest BCUT2D eigenvalue weighted by atomic mass is 9.47. The van der Waals surface area contributed by atoms with Gasteiger partial charge in [0.1, 0.15) is 0 Å². The third kappa shape index (κ3) is 4.75. The van der Waals surface area contributed by atoms with E-state index in [9.17, 15) is 18.0 Å². The van der Waals surface area contributed by atoms with Crippen molar-refractivity contribution < 1.29 is 18.0 Å². The number of primary amides is 1. The molecule has 12 heteroatoms. The number of nitrogens with one attached hydrogen (secondary N) is 1. The van der Waals surface area contributed by atoms with Gasteiger partial charge >= 0.3 is 10.2 Å². The zero-order valence-corrected chi connectivity index (χ0v) is 22.3. The van der Waals surface area contributed by atoms with E-state index in [-0.39, 0.29) is 63.7 Å².